The highest BCUT2D eigenvalue weighted by molar-refractivity contribution is 5.98. The second kappa shape index (κ2) is 13.4. The predicted molar refractivity (Wildman–Crippen MR) is 160 cm³/mol. The lowest BCUT2D eigenvalue weighted by molar-refractivity contribution is -0.125. The van der Waals surface area contributed by atoms with E-state index in [-0.39, 0.29) is 29.9 Å². The minimum Gasteiger partial charge on any atom is -0.352 e. The zero-order valence-corrected chi connectivity index (χ0v) is 23.8. The first-order valence-corrected chi connectivity index (χ1v) is 14.8. The number of benzene rings is 3. The number of nitrogens with two attached hydrogens (primary N) is 1. The number of likely N-dealkylation sites (tertiary alicyclic amines) is 1. The van der Waals surface area contributed by atoms with Crippen LogP contribution in [0.5, 0.6) is 0 Å². The molecule has 1 aliphatic heterocycles. The van der Waals surface area contributed by atoms with E-state index in [1.165, 1.54) is 41.0 Å². The minimum absolute atomic E-state index is 0.00163. The Kier molecular flexibility index (Phi) is 9.47. The van der Waals surface area contributed by atoms with Crippen LogP contribution in [0, 0.1) is 12.7 Å². The van der Waals surface area contributed by atoms with Gasteiger partial charge in [0.15, 0.2) is 0 Å². The van der Waals surface area contributed by atoms with Crippen LogP contribution >= 0.6 is 0 Å². The summed E-state index contributed by atoms with van der Waals surface area (Å²) in [6, 6.07) is 24.0. The van der Waals surface area contributed by atoms with E-state index in [4.69, 9.17) is 5.73 Å². The third kappa shape index (κ3) is 7.40. The van der Waals surface area contributed by atoms with Crippen molar-refractivity contribution in [3.05, 3.63) is 107 Å². The Bertz CT molecular complexity index is 1310. The van der Waals surface area contributed by atoms with Crippen molar-refractivity contribution in [2.75, 3.05) is 13.1 Å². The molecular formula is C34H41FN4O2. The summed E-state index contributed by atoms with van der Waals surface area (Å²) in [6.45, 7) is 4.09. The van der Waals surface area contributed by atoms with Gasteiger partial charge in [-0.1, -0.05) is 54.6 Å². The van der Waals surface area contributed by atoms with Crippen LogP contribution in [0.25, 0.3) is 0 Å². The molecular weight excluding hydrogens is 515 g/mol. The Morgan fingerprint density at radius 2 is 1.63 bits per heavy atom. The second-order valence-electron chi connectivity index (χ2n) is 11.6. The van der Waals surface area contributed by atoms with Gasteiger partial charge in [-0.05, 0) is 86.4 Å². The molecule has 0 spiro atoms. The Labute approximate surface area is 242 Å². The molecule has 2 fully saturated rings. The molecule has 3 aromatic rings. The van der Waals surface area contributed by atoms with Gasteiger partial charge in [-0.3, -0.25) is 14.5 Å². The Hall–Kier alpha value is -3.55. The average Bonchev–Trinajstić information content (AvgIpc) is 3.43. The van der Waals surface area contributed by atoms with Gasteiger partial charge in [0.1, 0.15) is 11.9 Å². The molecule has 41 heavy (non-hydrogen) atoms. The number of carbonyl (C=O) groups is 2. The highest BCUT2D eigenvalue weighted by Gasteiger charge is 2.42. The molecule has 1 aliphatic carbocycles. The summed E-state index contributed by atoms with van der Waals surface area (Å²) in [7, 11) is 0. The third-order valence-corrected chi connectivity index (χ3v) is 8.73. The predicted octanol–water partition coefficient (Wildman–Crippen LogP) is 4.85. The van der Waals surface area contributed by atoms with E-state index in [9.17, 15) is 14.0 Å². The number of hydrogen-bond donors (Lipinski definition) is 2. The standard InChI is InChI=1S/C34H41FN4O2/c1-24-7-5-6-10-27(24)22-38(20-19-25-8-3-2-4-9-25)31-21-32(33(40)37-30-17-15-29(36)16-18-30)39(23-31)34(41)26-11-13-28(35)14-12-26/h2-14,29-32H,15-23,36H2,1H3,(H,37,40). The van der Waals surface area contributed by atoms with Crippen LogP contribution in [0.4, 0.5) is 4.39 Å². The number of carbonyl (C=O) groups excluding carboxylic acids is 2. The average molecular weight is 557 g/mol. The maximum atomic E-state index is 13.8. The van der Waals surface area contributed by atoms with Gasteiger partial charge in [-0.15, -0.1) is 0 Å². The molecule has 1 heterocycles. The molecule has 6 nitrogen and oxygen atoms in total. The van der Waals surface area contributed by atoms with Crippen molar-refractivity contribution >= 4 is 11.8 Å². The summed E-state index contributed by atoms with van der Waals surface area (Å²) >= 11 is 0. The first-order chi connectivity index (χ1) is 19.9. The van der Waals surface area contributed by atoms with Crippen LogP contribution in [0.3, 0.4) is 0 Å². The Morgan fingerprint density at radius 1 is 0.951 bits per heavy atom. The summed E-state index contributed by atoms with van der Waals surface area (Å²) in [5.41, 5.74) is 10.2. The summed E-state index contributed by atoms with van der Waals surface area (Å²) in [5.74, 6) is -0.740. The van der Waals surface area contributed by atoms with E-state index in [0.717, 1.165) is 45.2 Å². The van der Waals surface area contributed by atoms with E-state index in [1.807, 2.05) is 12.1 Å². The molecule has 3 aromatic carbocycles. The molecule has 2 aliphatic rings. The van der Waals surface area contributed by atoms with Gasteiger partial charge in [0.25, 0.3) is 5.91 Å². The molecule has 5 rings (SSSR count). The van der Waals surface area contributed by atoms with E-state index in [0.29, 0.717) is 18.5 Å². The van der Waals surface area contributed by atoms with Crippen molar-refractivity contribution < 1.29 is 14.0 Å². The maximum Gasteiger partial charge on any atom is 0.254 e. The van der Waals surface area contributed by atoms with Gasteiger partial charge in [-0.2, -0.15) is 0 Å². The molecule has 7 heteroatoms. The maximum absolute atomic E-state index is 13.8. The van der Waals surface area contributed by atoms with Crippen molar-refractivity contribution in [3.8, 4) is 0 Å². The topological polar surface area (TPSA) is 78.7 Å². The molecule has 2 unspecified atom stereocenters. The number of halogens is 1. The van der Waals surface area contributed by atoms with Crippen molar-refractivity contribution in [2.45, 2.75) is 76.2 Å². The van der Waals surface area contributed by atoms with Gasteiger partial charge in [-0.25, -0.2) is 4.39 Å². The third-order valence-electron chi connectivity index (χ3n) is 8.73. The van der Waals surface area contributed by atoms with E-state index >= 15 is 0 Å². The zero-order valence-electron chi connectivity index (χ0n) is 23.8. The summed E-state index contributed by atoms with van der Waals surface area (Å²) in [5, 5.41) is 3.24. The Morgan fingerprint density at radius 3 is 2.34 bits per heavy atom. The number of nitrogens with one attached hydrogen (secondary N) is 1. The number of amides is 2. The van der Waals surface area contributed by atoms with Crippen molar-refractivity contribution in [2.24, 2.45) is 5.73 Å². The van der Waals surface area contributed by atoms with Crippen LogP contribution in [-0.2, 0) is 17.8 Å². The van der Waals surface area contributed by atoms with Crippen LogP contribution in [-0.4, -0.2) is 58.9 Å². The molecule has 2 atom stereocenters. The number of aryl methyl sites for hydroxylation is 1. The summed E-state index contributed by atoms with van der Waals surface area (Å²) in [6.07, 6.45) is 4.90. The monoisotopic (exact) mass is 556 g/mol. The normalized spacial score (nSPS) is 22.6. The van der Waals surface area contributed by atoms with Gasteiger partial charge in [0.2, 0.25) is 5.91 Å². The molecule has 216 valence electrons. The van der Waals surface area contributed by atoms with Crippen LogP contribution in [0.15, 0.2) is 78.9 Å². The SMILES string of the molecule is Cc1ccccc1CN(CCc1ccccc1)C1CC(C(=O)NC2CCC(N)CC2)N(C(=O)c2ccc(F)cc2)C1. The molecule has 1 saturated carbocycles. The minimum atomic E-state index is -0.593. The van der Waals surface area contributed by atoms with Gasteiger partial charge >= 0.3 is 0 Å². The van der Waals surface area contributed by atoms with Gasteiger partial charge in [0, 0.05) is 43.3 Å². The quantitative estimate of drug-likeness (QED) is 0.395. The molecule has 0 aromatic heterocycles. The van der Waals surface area contributed by atoms with Gasteiger partial charge < -0.3 is 16.0 Å². The lowest BCUT2D eigenvalue weighted by Crippen LogP contribution is -2.50. The number of hydrogen-bond acceptors (Lipinski definition) is 4. The first-order valence-electron chi connectivity index (χ1n) is 14.8. The van der Waals surface area contributed by atoms with E-state index < -0.39 is 11.9 Å². The van der Waals surface area contributed by atoms with Crippen molar-refractivity contribution in [1.82, 2.24) is 15.1 Å². The van der Waals surface area contributed by atoms with Crippen LogP contribution in [0.2, 0.25) is 0 Å². The van der Waals surface area contributed by atoms with Gasteiger partial charge in [0.05, 0.1) is 0 Å². The zero-order chi connectivity index (χ0) is 28.8. The highest BCUT2D eigenvalue weighted by Crippen LogP contribution is 2.28. The molecule has 1 saturated heterocycles. The van der Waals surface area contributed by atoms with E-state index in [2.05, 4.69) is 59.6 Å². The van der Waals surface area contributed by atoms with Crippen molar-refractivity contribution in [1.29, 1.82) is 0 Å². The molecule has 0 radical (unpaired) electrons. The first kappa shape index (κ1) is 29.0. The van der Waals surface area contributed by atoms with E-state index in [1.54, 1.807) is 4.90 Å². The fourth-order valence-corrected chi connectivity index (χ4v) is 6.18. The smallest absolute Gasteiger partial charge is 0.254 e. The highest BCUT2D eigenvalue weighted by atomic mass is 19.1. The lowest BCUT2D eigenvalue weighted by Gasteiger charge is -2.30. The van der Waals surface area contributed by atoms with Crippen LogP contribution < -0.4 is 11.1 Å². The molecule has 2 amide bonds. The molecule has 0 bridgehead atoms. The second-order valence-corrected chi connectivity index (χ2v) is 11.6. The summed E-state index contributed by atoms with van der Waals surface area (Å²) in [4.78, 5) is 31.6. The largest absolute Gasteiger partial charge is 0.352 e. The fraction of sp³-hybridized carbons (Fsp3) is 0.412. The summed E-state index contributed by atoms with van der Waals surface area (Å²) < 4.78 is 13.6. The lowest BCUT2D eigenvalue weighted by atomic mass is 9.91. The Balaban J connectivity index is 1.39. The molecule has 3 N–H and O–H groups in total. The number of rotatable bonds is 9. The fourth-order valence-electron chi connectivity index (χ4n) is 6.18. The van der Waals surface area contributed by atoms with Crippen LogP contribution in [0.1, 0.15) is 59.2 Å². The number of nitrogens with zero attached hydrogens (tertiary/aromatic N) is 2. The van der Waals surface area contributed by atoms with Crippen molar-refractivity contribution in [3.63, 3.8) is 0 Å².